The van der Waals surface area contributed by atoms with Gasteiger partial charge in [0, 0.05) is 31.0 Å². The van der Waals surface area contributed by atoms with Crippen LogP contribution >= 0.6 is 0 Å². The Bertz CT molecular complexity index is 831. The van der Waals surface area contributed by atoms with E-state index in [9.17, 15) is 18.4 Å². The number of amides is 1. The topological polar surface area (TPSA) is 100 Å². The predicted molar refractivity (Wildman–Crippen MR) is 97.5 cm³/mol. The Labute approximate surface area is 160 Å². The second-order valence-corrected chi connectivity index (χ2v) is 6.74. The maximum Gasteiger partial charge on any atom is 0.217 e. The van der Waals surface area contributed by atoms with Gasteiger partial charge in [-0.1, -0.05) is 11.2 Å². The van der Waals surface area contributed by atoms with Crippen LogP contribution in [0.1, 0.15) is 30.9 Å². The van der Waals surface area contributed by atoms with Crippen molar-refractivity contribution in [2.75, 3.05) is 19.7 Å². The van der Waals surface area contributed by atoms with Gasteiger partial charge in [0.15, 0.2) is 5.78 Å². The van der Waals surface area contributed by atoms with Gasteiger partial charge in [-0.05, 0) is 24.1 Å². The van der Waals surface area contributed by atoms with E-state index in [-0.39, 0.29) is 42.6 Å². The van der Waals surface area contributed by atoms with Gasteiger partial charge in [-0.2, -0.15) is 0 Å². The van der Waals surface area contributed by atoms with Gasteiger partial charge < -0.3 is 20.6 Å². The molecule has 2 unspecified atom stereocenters. The average molecular weight is 393 g/mol. The van der Waals surface area contributed by atoms with Crippen LogP contribution in [-0.4, -0.2) is 54.4 Å². The standard InChI is InChI=1S/C19H21F2N3O4/c1-10(26)23-8-13-7-16(24-28-13)12-4-14(20)19(15(21)5-12)11-2-3-22-17(6-11)18(27)9-25/h2,4-5,13,17,22,25H,3,6-9H2,1H3,(H,23,26). The monoisotopic (exact) mass is 393 g/mol. The lowest BCUT2D eigenvalue weighted by molar-refractivity contribution is -0.123. The molecule has 1 aromatic rings. The lowest BCUT2D eigenvalue weighted by atomic mass is 9.91. The molecule has 0 saturated heterocycles. The Hall–Kier alpha value is -2.65. The summed E-state index contributed by atoms with van der Waals surface area (Å²) in [5.74, 6) is -2.14. The number of carbonyl (C=O) groups is 2. The van der Waals surface area contributed by atoms with Gasteiger partial charge >= 0.3 is 0 Å². The first-order chi connectivity index (χ1) is 13.4. The molecule has 0 radical (unpaired) electrons. The highest BCUT2D eigenvalue weighted by molar-refractivity contribution is 6.01. The molecule has 0 fully saturated rings. The summed E-state index contributed by atoms with van der Waals surface area (Å²) >= 11 is 0. The normalized spacial score (nSPS) is 21.6. The number of ketones is 1. The van der Waals surface area contributed by atoms with Crippen molar-refractivity contribution < 1.29 is 28.3 Å². The fourth-order valence-electron chi connectivity index (χ4n) is 3.25. The highest BCUT2D eigenvalue weighted by Crippen LogP contribution is 2.30. The van der Waals surface area contributed by atoms with Crippen molar-refractivity contribution >= 4 is 23.0 Å². The number of Topliss-reactive ketones (excluding diaryl/α,β-unsaturated/α-hetero) is 1. The molecule has 0 saturated carbocycles. The van der Waals surface area contributed by atoms with Gasteiger partial charge in [0.05, 0.1) is 18.3 Å². The Kier molecular flexibility index (Phi) is 6.15. The molecule has 9 heteroatoms. The van der Waals surface area contributed by atoms with Crippen molar-refractivity contribution in [2.45, 2.75) is 31.9 Å². The van der Waals surface area contributed by atoms with E-state index in [2.05, 4.69) is 15.8 Å². The summed E-state index contributed by atoms with van der Waals surface area (Å²) in [5, 5.41) is 18.4. The maximum atomic E-state index is 14.7. The molecular formula is C19H21F2N3O4. The van der Waals surface area contributed by atoms with E-state index in [4.69, 9.17) is 9.94 Å². The molecule has 28 heavy (non-hydrogen) atoms. The fourth-order valence-corrected chi connectivity index (χ4v) is 3.25. The molecule has 0 aromatic heterocycles. The van der Waals surface area contributed by atoms with E-state index >= 15 is 0 Å². The zero-order chi connectivity index (χ0) is 20.3. The van der Waals surface area contributed by atoms with E-state index < -0.39 is 30.1 Å². The van der Waals surface area contributed by atoms with Crippen LogP contribution < -0.4 is 10.6 Å². The van der Waals surface area contributed by atoms with E-state index in [0.29, 0.717) is 17.7 Å². The SMILES string of the molecule is CC(=O)NCC1CC(c2cc(F)c(C3=CCNC(C(=O)CO)C3)c(F)c2)=NO1. The highest BCUT2D eigenvalue weighted by Gasteiger charge is 2.27. The van der Waals surface area contributed by atoms with Crippen molar-refractivity contribution in [3.05, 3.63) is 41.0 Å². The van der Waals surface area contributed by atoms with Crippen LogP contribution in [0.5, 0.6) is 0 Å². The van der Waals surface area contributed by atoms with Crippen molar-refractivity contribution in [1.29, 1.82) is 0 Å². The molecule has 2 atom stereocenters. The Morgan fingerprint density at radius 1 is 1.32 bits per heavy atom. The number of hydrogen-bond donors (Lipinski definition) is 3. The number of aliphatic hydroxyl groups excluding tert-OH is 1. The second kappa shape index (κ2) is 8.57. The number of nitrogens with zero attached hydrogens (tertiary/aromatic N) is 1. The number of hydrogen-bond acceptors (Lipinski definition) is 6. The van der Waals surface area contributed by atoms with Gasteiger partial charge in [0.1, 0.15) is 24.3 Å². The van der Waals surface area contributed by atoms with Crippen LogP contribution in [-0.2, 0) is 14.4 Å². The van der Waals surface area contributed by atoms with E-state index in [1.54, 1.807) is 6.08 Å². The summed E-state index contributed by atoms with van der Waals surface area (Å²) in [6, 6.07) is 1.70. The number of oxime groups is 1. The first kappa shape index (κ1) is 20.1. The summed E-state index contributed by atoms with van der Waals surface area (Å²) in [5.41, 5.74) is 0.851. The lowest BCUT2D eigenvalue weighted by Crippen LogP contribution is -2.41. The molecule has 2 heterocycles. The molecular weight excluding hydrogens is 372 g/mol. The summed E-state index contributed by atoms with van der Waals surface area (Å²) < 4.78 is 29.4. The first-order valence-corrected chi connectivity index (χ1v) is 8.92. The third kappa shape index (κ3) is 4.42. The van der Waals surface area contributed by atoms with E-state index in [1.165, 1.54) is 19.1 Å². The minimum absolute atomic E-state index is 0.0927. The molecule has 2 aliphatic rings. The van der Waals surface area contributed by atoms with Gasteiger partial charge in [-0.25, -0.2) is 8.78 Å². The van der Waals surface area contributed by atoms with Crippen LogP contribution in [0.2, 0.25) is 0 Å². The number of aliphatic hydroxyl groups is 1. The zero-order valence-corrected chi connectivity index (χ0v) is 15.3. The maximum absolute atomic E-state index is 14.7. The van der Waals surface area contributed by atoms with Crippen LogP contribution in [0.25, 0.3) is 5.57 Å². The zero-order valence-electron chi connectivity index (χ0n) is 15.3. The van der Waals surface area contributed by atoms with Gasteiger partial charge in [-0.15, -0.1) is 0 Å². The number of rotatable bonds is 6. The predicted octanol–water partition coefficient (Wildman–Crippen LogP) is 0.901. The quantitative estimate of drug-likeness (QED) is 0.667. The minimum atomic E-state index is -0.758. The van der Waals surface area contributed by atoms with Crippen LogP contribution in [0, 0.1) is 11.6 Å². The molecule has 2 aliphatic heterocycles. The molecule has 0 bridgehead atoms. The van der Waals surface area contributed by atoms with Gasteiger partial charge in [-0.3, -0.25) is 9.59 Å². The third-order valence-electron chi connectivity index (χ3n) is 4.69. The summed E-state index contributed by atoms with van der Waals surface area (Å²) in [6.07, 6.45) is 1.65. The summed E-state index contributed by atoms with van der Waals surface area (Å²) in [6.45, 7) is 1.28. The van der Waals surface area contributed by atoms with Crippen molar-refractivity contribution in [3.63, 3.8) is 0 Å². The molecule has 1 aromatic carbocycles. The van der Waals surface area contributed by atoms with Crippen molar-refractivity contribution in [3.8, 4) is 0 Å². The Morgan fingerprint density at radius 3 is 2.68 bits per heavy atom. The number of carbonyl (C=O) groups excluding carboxylic acids is 2. The largest absolute Gasteiger partial charge is 0.390 e. The second-order valence-electron chi connectivity index (χ2n) is 6.74. The Morgan fingerprint density at radius 2 is 2.04 bits per heavy atom. The Balaban J connectivity index is 1.76. The molecule has 3 N–H and O–H groups in total. The molecule has 1 amide bonds. The van der Waals surface area contributed by atoms with E-state index in [0.717, 1.165) is 0 Å². The molecule has 0 aliphatic carbocycles. The molecule has 7 nitrogen and oxygen atoms in total. The fraction of sp³-hybridized carbons (Fsp3) is 0.421. The van der Waals surface area contributed by atoms with Crippen LogP contribution in [0.15, 0.2) is 23.4 Å². The average Bonchev–Trinajstić information content (AvgIpc) is 3.14. The van der Waals surface area contributed by atoms with E-state index in [1.807, 2.05) is 0 Å². The number of halogens is 2. The summed E-state index contributed by atoms with van der Waals surface area (Å²) in [4.78, 5) is 27.8. The lowest BCUT2D eigenvalue weighted by Gasteiger charge is -2.23. The van der Waals surface area contributed by atoms with Crippen LogP contribution in [0.3, 0.4) is 0 Å². The smallest absolute Gasteiger partial charge is 0.217 e. The molecule has 3 rings (SSSR count). The first-order valence-electron chi connectivity index (χ1n) is 8.92. The molecule has 150 valence electrons. The molecule has 0 spiro atoms. The van der Waals surface area contributed by atoms with Gasteiger partial charge in [0.25, 0.3) is 0 Å². The van der Waals surface area contributed by atoms with Crippen LogP contribution in [0.4, 0.5) is 8.78 Å². The highest BCUT2D eigenvalue weighted by atomic mass is 19.1. The number of nitrogens with one attached hydrogen (secondary N) is 2. The number of benzene rings is 1. The minimum Gasteiger partial charge on any atom is -0.390 e. The summed E-state index contributed by atoms with van der Waals surface area (Å²) in [7, 11) is 0. The third-order valence-corrected chi connectivity index (χ3v) is 4.69. The van der Waals surface area contributed by atoms with Crippen molar-refractivity contribution in [2.24, 2.45) is 5.16 Å². The van der Waals surface area contributed by atoms with Crippen molar-refractivity contribution in [1.82, 2.24) is 10.6 Å². The van der Waals surface area contributed by atoms with Gasteiger partial charge in [0.2, 0.25) is 5.91 Å².